The van der Waals surface area contributed by atoms with Crippen LogP contribution >= 0.6 is 11.6 Å². The molecule has 0 unspecified atom stereocenters. The largest absolute Gasteiger partial charge is 0.482 e. The van der Waals surface area contributed by atoms with Crippen LogP contribution in [0, 0.1) is 0 Å². The molecule has 0 aliphatic rings. The van der Waals surface area contributed by atoms with Crippen LogP contribution in [0.4, 0.5) is 0 Å². The molecular weight excluding hydrogens is 400 g/mol. The molecule has 10 heteroatoms. The van der Waals surface area contributed by atoms with E-state index in [0.29, 0.717) is 23.1 Å². The number of esters is 1. The summed E-state index contributed by atoms with van der Waals surface area (Å²) in [5.41, 5.74) is -0.507. The molecule has 0 aliphatic carbocycles. The fourth-order valence-electron chi connectivity index (χ4n) is 2.80. The van der Waals surface area contributed by atoms with Crippen molar-refractivity contribution in [2.75, 3.05) is 6.61 Å². The molecule has 1 aromatic carbocycles. The maximum absolute atomic E-state index is 12.2. The summed E-state index contributed by atoms with van der Waals surface area (Å²) in [5.74, 6) is 0.242. The summed E-state index contributed by atoms with van der Waals surface area (Å²) in [6, 6.07) is 6.58. The maximum atomic E-state index is 12.2. The maximum Gasteiger partial charge on any atom is 0.344 e. The number of benzene rings is 1. The number of unbranched alkanes of at least 4 members (excludes halogenated alkanes) is 1. The zero-order valence-corrected chi connectivity index (χ0v) is 16.9. The van der Waals surface area contributed by atoms with Gasteiger partial charge in [-0.2, -0.15) is 0 Å². The van der Waals surface area contributed by atoms with E-state index in [2.05, 4.69) is 9.97 Å². The number of fused-ring (bicyclic) bond motifs is 1. The van der Waals surface area contributed by atoms with Gasteiger partial charge in [-0.15, -0.1) is 0 Å². The standard InChI is InChI=1S/C19H21ClN4O5/c1-3-4-9-24-17-16(18(26)22-19(24)27)23(2)14(21-17)10-29-15(25)11-28-13-7-5-12(20)6-8-13/h5-8H,3-4,9-11H2,1-2H3,(H,22,26,27). The molecule has 0 bridgehead atoms. The number of aromatic amines is 1. The van der Waals surface area contributed by atoms with Gasteiger partial charge < -0.3 is 14.0 Å². The van der Waals surface area contributed by atoms with Crippen LogP contribution in [0.1, 0.15) is 25.6 Å². The summed E-state index contributed by atoms with van der Waals surface area (Å²) >= 11 is 5.80. The van der Waals surface area contributed by atoms with Gasteiger partial charge in [0.1, 0.15) is 18.2 Å². The molecule has 154 valence electrons. The van der Waals surface area contributed by atoms with Gasteiger partial charge >= 0.3 is 11.7 Å². The van der Waals surface area contributed by atoms with Crippen molar-refractivity contribution in [2.24, 2.45) is 7.05 Å². The molecule has 0 saturated heterocycles. The van der Waals surface area contributed by atoms with E-state index in [1.807, 2.05) is 6.92 Å². The normalized spacial score (nSPS) is 11.0. The smallest absolute Gasteiger partial charge is 0.344 e. The molecule has 9 nitrogen and oxygen atoms in total. The molecule has 2 aromatic heterocycles. The Balaban J connectivity index is 1.72. The highest BCUT2D eigenvalue weighted by Crippen LogP contribution is 2.15. The molecule has 0 atom stereocenters. The molecule has 2 heterocycles. The lowest BCUT2D eigenvalue weighted by Crippen LogP contribution is -2.31. The number of hydrogen-bond donors (Lipinski definition) is 1. The highest BCUT2D eigenvalue weighted by atomic mass is 35.5. The Labute approximate surface area is 170 Å². The summed E-state index contributed by atoms with van der Waals surface area (Å²) in [6.45, 7) is 2.00. The highest BCUT2D eigenvalue weighted by Gasteiger charge is 2.17. The lowest BCUT2D eigenvalue weighted by atomic mass is 10.3. The third-order valence-electron chi connectivity index (χ3n) is 4.37. The van der Waals surface area contributed by atoms with Crippen LogP contribution in [0.3, 0.4) is 0 Å². The topological polar surface area (TPSA) is 108 Å². The zero-order chi connectivity index (χ0) is 21.0. The van der Waals surface area contributed by atoms with E-state index in [1.54, 1.807) is 31.3 Å². The Hall–Kier alpha value is -3.07. The molecule has 0 radical (unpaired) electrons. The van der Waals surface area contributed by atoms with Crippen LogP contribution in [-0.2, 0) is 29.7 Å². The van der Waals surface area contributed by atoms with Gasteiger partial charge in [0, 0.05) is 18.6 Å². The van der Waals surface area contributed by atoms with Gasteiger partial charge in [-0.3, -0.25) is 14.3 Å². The Morgan fingerprint density at radius 2 is 1.97 bits per heavy atom. The first kappa shape index (κ1) is 20.7. The number of carbonyl (C=O) groups is 1. The van der Waals surface area contributed by atoms with Crippen molar-refractivity contribution in [3.05, 3.63) is 56.0 Å². The van der Waals surface area contributed by atoms with Crippen LogP contribution in [0.25, 0.3) is 11.2 Å². The Morgan fingerprint density at radius 3 is 2.66 bits per heavy atom. The highest BCUT2D eigenvalue weighted by molar-refractivity contribution is 6.30. The van der Waals surface area contributed by atoms with Gasteiger partial charge in [-0.1, -0.05) is 24.9 Å². The fraction of sp³-hybridized carbons (Fsp3) is 0.368. The minimum absolute atomic E-state index is 0.157. The monoisotopic (exact) mass is 420 g/mol. The number of hydrogen-bond acceptors (Lipinski definition) is 6. The predicted octanol–water partition coefficient (Wildman–Crippen LogP) is 2.00. The number of rotatable bonds is 8. The van der Waals surface area contributed by atoms with Crippen molar-refractivity contribution in [2.45, 2.75) is 32.9 Å². The van der Waals surface area contributed by atoms with Crippen molar-refractivity contribution in [3.63, 3.8) is 0 Å². The molecule has 3 aromatic rings. The van der Waals surface area contributed by atoms with Crippen molar-refractivity contribution >= 4 is 28.7 Å². The third kappa shape index (κ3) is 4.68. The molecule has 29 heavy (non-hydrogen) atoms. The van der Waals surface area contributed by atoms with Crippen LogP contribution in [-0.4, -0.2) is 31.7 Å². The average molecular weight is 421 g/mol. The number of nitrogens with zero attached hydrogens (tertiary/aromatic N) is 3. The fourth-order valence-corrected chi connectivity index (χ4v) is 2.93. The van der Waals surface area contributed by atoms with E-state index in [9.17, 15) is 14.4 Å². The second kappa shape index (κ2) is 8.95. The third-order valence-corrected chi connectivity index (χ3v) is 4.63. The van der Waals surface area contributed by atoms with Gasteiger partial charge in [0.15, 0.2) is 17.8 Å². The molecule has 0 spiro atoms. The molecule has 0 fully saturated rings. The minimum Gasteiger partial charge on any atom is -0.482 e. The van der Waals surface area contributed by atoms with E-state index in [0.717, 1.165) is 12.8 Å². The Morgan fingerprint density at radius 1 is 1.24 bits per heavy atom. The lowest BCUT2D eigenvalue weighted by molar-refractivity contribution is -0.147. The summed E-state index contributed by atoms with van der Waals surface area (Å²) in [6.07, 6.45) is 1.65. The average Bonchev–Trinajstić information content (AvgIpc) is 3.02. The Kier molecular flexibility index (Phi) is 6.38. The van der Waals surface area contributed by atoms with Gasteiger partial charge in [-0.05, 0) is 30.7 Å². The summed E-state index contributed by atoms with van der Waals surface area (Å²) < 4.78 is 13.5. The van der Waals surface area contributed by atoms with Crippen molar-refractivity contribution in [3.8, 4) is 5.75 Å². The number of carbonyl (C=O) groups excluding carboxylic acids is 1. The molecule has 1 N–H and O–H groups in total. The number of aryl methyl sites for hydroxylation is 2. The second-order valence-electron chi connectivity index (χ2n) is 6.43. The first-order chi connectivity index (χ1) is 13.9. The van der Waals surface area contributed by atoms with Crippen LogP contribution in [0.15, 0.2) is 33.9 Å². The van der Waals surface area contributed by atoms with E-state index in [1.165, 1.54) is 9.13 Å². The van der Waals surface area contributed by atoms with E-state index < -0.39 is 17.2 Å². The first-order valence-corrected chi connectivity index (χ1v) is 9.51. The van der Waals surface area contributed by atoms with E-state index >= 15 is 0 Å². The van der Waals surface area contributed by atoms with E-state index in [4.69, 9.17) is 21.1 Å². The number of halogens is 1. The number of imidazole rings is 1. The quantitative estimate of drug-likeness (QED) is 0.558. The summed E-state index contributed by atoms with van der Waals surface area (Å²) in [4.78, 5) is 43.0. The molecular formula is C19H21ClN4O5. The number of ether oxygens (including phenoxy) is 2. The molecule has 3 rings (SSSR count). The lowest BCUT2D eigenvalue weighted by Gasteiger charge is -2.07. The summed E-state index contributed by atoms with van der Waals surface area (Å²) in [7, 11) is 1.63. The predicted molar refractivity (Wildman–Crippen MR) is 107 cm³/mol. The number of nitrogens with one attached hydrogen (secondary N) is 1. The summed E-state index contributed by atoms with van der Waals surface area (Å²) in [5, 5.41) is 0.564. The van der Waals surface area contributed by atoms with Crippen molar-refractivity contribution in [1.82, 2.24) is 19.1 Å². The van der Waals surface area contributed by atoms with E-state index in [-0.39, 0.29) is 24.4 Å². The molecule has 0 aliphatic heterocycles. The first-order valence-electron chi connectivity index (χ1n) is 9.13. The zero-order valence-electron chi connectivity index (χ0n) is 16.1. The van der Waals surface area contributed by atoms with Gasteiger partial charge in [0.05, 0.1) is 0 Å². The van der Waals surface area contributed by atoms with Crippen LogP contribution < -0.4 is 16.0 Å². The number of H-pyrrole nitrogens is 1. The molecule has 0 amide bonds. The van der Waals surface area contributed by atoms with Crippen molar-refractivity contribution in [1.29, 1.82) is 0 Å². The second-order valence-corrected chi connectivity index (χ2v) is 6.86. The van der Waals surface area contributed by atoms with Gasteiger partial charge in [0.2, 0.25) is 0 Å². The number of aromatic nitrogens is 4. The molecule has 0 saturated carbocycles. The van der Waals surface area contributed by atoms with Crippen molar-refractivity contribution < 1.29 is 14.3 Å². The SMILES string of the molecule is CCCCn1c(=O)[nH]c(=O)c2c1nc(COC(=O)COc1ccc(Cl)cc1)n2C. The van der Waals surface area contributed by atoms with Crippen LogP contribution in [0.5, 0.6) is 5.75 Å². The minimum atomic E-state index is -0.593. The Bertz CT molecular complexity index is 1130. The van der Waals surface area contributed by atoms with Gasteiger partial charge in [-0.25, -0.2) is 14.6 Å². The van der Waals surface area contributed by atoms with Crippen LogP contribution in [0.2, 0.25) is 5.02 Å². The van der Waals surface area contributed by atoms with Gasteiger partial charge in [0.25, 0.3) is 5.56 Å².